The summed E-state index contributed by atoms with van der Waals surface area (Å²) >= 11 is 5.00. The lowest BCUT2D eigenvalue weighted by molar-refractivity contribution is 0.299. The highest BCUT2D eigenvalue weighted by Gasteiger charge is 2.03. The minimum atomic E-state index is -0.332. The topological polar surface area (TPSA) is 21.3 Å². The highest BCUT2D eigenvalue weighted by Crippen LogP contribution is 2.21. The number of benzene rings is 1. The zero-order valence-corrected chi connectivity index (χ0v) is 12.8. The molecule has 2 nitrogen and oxygen atoms in total. The average molecular weight is 344 g/mol. The van der Waals surface area contributed by atoms with E-state index in [0.29, 0.717) is 13.2 Å². The second-order valence-corrected chi connectivity index (χ2v) is 5.75. The molecule has 0 aliphatic rings. The van der Waals surface area contributed by atoms with Crippen LogP contribution < -0.4 is 10.1 Å². The molecule has 0 bridgehead atoms. The van der Waals surface area contributed by atoms with Crippen LogP contribution in [0.3, 0.4) is 0 Å². The molecule has 5 heteroatoms. The summed E-state index contributed by atoms with van der Waals surface area (Å²) in [5.74, 6) is -0.0458. The van der Waals surface area contributed by atoms with Crippen LogP contribution in [0, 0.1) is 5.82 Å². The van der Waals surface area contributed by atoms with Crippen molar-refractivity contribution in [2.24, 2.45) is 0 Å². The van der Waals surface area contributed by atoms with Gasteiger partial charge in [0, 0.05) is 11.0 Å². The van der Waals surface area contributed by atoms with E-state index in [2.05, 4.69) is 38.1 Å². The van der Waals surface area contributed by atoms with Crippen LogP contribution in [0.15, 0.2) is 39.5 Å². The Kier molecular flexibility index (Phi) is 5.82. The lowest BCUT2D eigenvalue weighted by Gasteiger charge is -2.08. The minimum Gasteiger partial charge on any atom is -0.489 e. The number of hydrogen-bond acceptors (Lipinski definition) is 3. The third-order valence-electron chi connectivity index (χ3n) is 2.60. The molecular formula is C14H15BrFNOS. The number of nitrogens with one attached hydrogen (secondary N) is 1. The summed E-state index contributed by atoms with van der Waals surface area (Å²) in [5.41, 5.74) is 1.34. The summed E-state index contributed by atoms with van der Waals surface area (Å²) in [6.07, 6.45) is 1.01. The van der Waals surface area contributed by atoms with Crippen LogP contribution in [0.4, 0.5) is 4.39 Å². The van der Waals surface area contributed by atoms with Gasteiger partial charge >= 0.3 is 0 Å². The van der Waals surface area contributed by atoms with Crippen molar-refractivity contribution < 1.29 is 9.13 Å². The molecule has 1 heterocycles. The summed E-state index contributed by atoms with van der Waals surface area (Å²) in [5, 5.41) is 7.50. The highest BCUT2D eigenvalue weighted by atomic mass is 79.9. The molecule has 102 valence electrons. The van der Waals surface area contributed by atoms with Crippen LogP contribution in [0.1, 0.15) is 5.56 Å². The monoisotopic (exact) mass is 343 g/mol. The number of halogens is 2. The third-order valence-corrected chi connectivity index (χ3v) is 3.83. The molecule has 0 unspecified atom stereocenters. The molecule has 0 saturated carbocycles. The van der Waals surface area contributed by atoms with Gasteiger partial charge in [0.2, 0.25) is 0 Å². The standard InChI is InChI=1S/C14H15BrFNOS/c15-12-1-2-13(16)14(9-12)18-7-6-17-5-3-11-4-8-19-10-11/h1-2,4,8-10,17H,3,5-7H2. The fourth-order valence-electron chi connectivity index (χ4n) is 1.61. The van der Waals surface area contributed by atoms with Crippen LogP contribution >= 0.6 is 27.3 Å². The molecule has 0 aliphatic carbocycles. The average Bonchev–Trinajstić information content (AvgIpc) is 2.90. The first-order valence-corrected chi connectivity index (χ1v) is 7.79. The molecule has 1 aromatic carbocycles. The predicted octanol–water partition coefficient (Wildman–Crippen LogP) is 3.86. The van der Waals surface area contributed by atoms with Gasteiger partial charge in [0.15, 0.2) is 11.6 Å². The van der Waals surface area contributed by atoms with E-state index in [9.17, 15) is 4.39 Å². The predicted molar refractivity (Wildman–Crippen MR) is 80.5 cm³/mol. The molecule has 2 aromatic rings. The Morgan fingerprint density at radius 1 is 1.26 bits per heavy atom. The van der Waals surface area contributed by atoms with Gasteiger partial charge in [-0.25, -0.2) is 4.39 Å². The van der Waals surface area contributed by atoms with Gasteiger partial charge in [-0.05, 0) is 53.6 Å². The zero-order chi connectivity index (χ0) is 13.5. The number of ether oxygens (including phenoxy) is 1. The maximum Gasteiger partial charge on any atom is 0.165 e. The largest absolute Gasteiger partial charge is 0.489 e. The molecule has 0 atom stereocenters. The number of thiophene rings is 1. The van der Waals surface area contributed by atoms with Gasteiger partial charge in [0.05, 0.1) is 0 Å². The van der Waals surface area contributed by atoms with E-state index in [4.69, 9.17) is 4.74 Å². The lowest BCUT2D eigenvalue weighted by atomic mass is 10.2. The molecule has 1 aromatic heterocycles. The molecule has 0 fully saturated rings. The smallest absolute Gasteiger partial charge is 0.165 e. The highest BCUT2D eigenvalue weighted by molar-refractivity contribution is 9.10. The van der Waals surface area contributed by atoms with Gasteiger partial charge in [-0.2, -0.15) is 11.3 Å². The third kappa shape index (κ3) is 4.93. The van der Waals surface area contributed by atoms with Gasteiger partial charge < -0.3 is 10.1 Å². The Balaban J connectivity index is 1.62. The zero-order valence-electron chi connectivity index (χ0n) is 10.4. The summed E-state index contributed by atoms with van der Waals surface area (Å²) in [7, 11) is 0. The Morgan fingerprint density at radius 2 is 2.16 bits per heavy atom. The maximum absolute atomic E-state index is 13.4. The van der Waals surface area contributed by atoms with Gasteiger partial charge in [-0.3, -0.25) is 0 Å². The van der Waals surface area contributed by atoms with E-state index in [-0.39, 0.29) is 11.6 Å². The summed E-state index contributed by atoms with van der Waals surface area (Å²) < 4.78 is 19.6. The van der Waals surface area contributed by atoms with Gasteiger partial charge in [-0.15, -0.1) is 0 Å². The molecule has 19 heavy (non-hydrogen) atoms. The summed E-state index contributed by atoms with van der Waals surface area (Å²) in [6.45, 7) is 2.06. The Labute approximate surface area is 124 Å². The minimum absolute atomic E-state index is 0.286. The summed E-state index contributed by atoms with van der Waals surface area (Å²) in [6, 6.07) is 6.81. The van der Waals surface area contributed by atoms with Gasteiger partial charge in [0.25, 0.3) is 0 Å². The van der Waals surface area contributed by atoms with Crippen molar-refractivity contribution >= 4 is 27.3 Å². The first kappa shape index (κ1) is 14.5. The quantitative estimate of drug-likeness (QED) is 0.770. The second kappa shape index (κ2) is 7.62. The van der Waals surface area contributed by atoms with E-state index < -0.39 is 0 Å². The van der Waals surface area contributed by atoms with Crippen LogP contribution in [0.25, 0.3) is 0 Å². The molecule has 0 saturated heterocycles. The van der Waals surface area contributed by atoms with Crippen LogP contribution in [-0.4, -0.2) is 19.7 Å². The Bertz CT molecular complexity index is 504. The van der Waals surface area contributed by atoms with Crippen molar-refractivity contribution in [2.45, 2.75) is 6.42 Å². The molecule has 0 radical (unpaired) electrons. The van der Waals surface area contributed by atoms with Crippen LogP contribution in [0.2, 0.25) is 0 Å². The number of rotatable bonds is 7. The van der Waals surface area contributed by atoms with Gasteiger partial charge in [0.1, 0.15) is 6.61 Å². The van der Waals surface area contributed by atoms with Crippen molar-refractivity contribution in [3.63, 3.8) is 0 Å². The lowest BCUT2D eigenvalue weighted by Crippen LogP contribution is -2.23. The van der Waals surface area contributed by atoms with Crippen molar-refractivity contribution in [3.05, 3.63) is 50.9 Å². The van der Waals surface area contributed by atoms with Crippen LogP contribution in [0.5, 0.6) is 5.75 Å². The molecule has 0 aliphatic heterocycles. The molecule has 2 rings (SSSR count). The van der Waals surface area contributed by atoms with Crippen molar-refractivity contribution in [2.75, 3.05) is 19.7 Å². The van der Waals surface area contributed by atoms with E-state index >= 15 is 0 Å². The first-order chi connectivity index (χ1) is 9.25. The van der Waals surface area contributed by atoms with Crippen molar-refractivity contribution in [3.8, 4) is 5.75 Å². The van der Waals surface area contributed by atoms with E-state index in [1.807, 2.05) is 0 Å². The fraction of sp³-hybridized carbons (Fsp3) is 0.286. The van der Waals surface area contributed by atoms with Crippen molar-refractivity contribution in [1.29, 1.82) is 0 Å². The first-order valence-electron chi connectivity index (χ1n) is 6.05. The van der Waals surface area contributed by atoms with Crippen molar-refractivity contribution in [1.82, 2.24) is 5.32 Å². The van der Waals surface area contributed by atoms with E-state index in [1.54, 1.807) is 23.5 Å². The fourth-order valence-corrected chi connectivity index (χ4v) is 2.66. The van der Waals surface area contributed by atoms with Crippen LogP contribution in [-0.2, 0) is 6.42 Å². The van der Waals surface area contributed by atoms with Gasteiger partial charge in [-0.1, -0.05) is 15.9 Å². The van der Waals surface area contributed by atoms with E-state index in [0.717, 1.165) is 17.4 Å². The normalized spacial score (nSPS) is 10.6. The summed E-state index contributed by atoms with van der Waals surface area (Å²) in [4.78, 5) is 0. The maximum atomic E-state index is 13.4. The van der Waals surface area contributed by atoms with E-state index in [1.165, 1.54) is 11.6 Å². The molecule has 1 N–H and O–H groups in total. The Morgan fingerprint density at radius 3 is 2.95 bits per heavy atom. The SMILES string of the molecule is Fc1ccc(Br)cc1OCCNCCc1ccsc1. The second-order valence-electron chi connectivity index (χ2n) is 4.05. The number of hydrogen-bond donors (Lipinski definition) is 1. The molecule has 0 spiro atoms. The molecule has 0 amide bonds. The molecular weight excluding hydrogens is 329 g/mol. The Hall–Kier alpha value is -0.910.